The number of benzene rings is 2. The Kier molecular flexibility index (Phi) is 6.94. The number of ether oxygens (including phenoxy) is 1. The molecule has 1 aliphatic heterocycles. The molecule has 2 aromatic rings. The van der Waals surface area contributed by atoms with E-state index in [-0.39, 0.29) is 11.7 Å². The van der Waals surface area contributed by atoms with Crippen molar-refractivity contribution in [3.8, 4) is 11.5 Å². The molecule has 0 spiro atoms. The van der Waals surface area contributed by atoms with Crippen LogP contribution in [0.4, 0.5) is 5.69 Å². The minimum atomic E-state index is 0.190. The summed E-state index contributed by atoms with van der Waals surface area (Å²) in [6, 6.07) is 13.1. The first kappa shape index (κ1) is 20.5. The van der Waals surface area contributed by atoms with E-state index in [0.717, 1.165) is 36.3 Å². The van der Waals surface area contributed by atoms with Crippen LogP contribution in [0.1, 0.15) is 30.9 Å². The van der Waals surface area contributed by atoms with E-state index < -0.39 is 0 Å². The minimum Gasteiger partial charge on any atom is -0.508 e. The Balaban J connectivity index is 1.62. The Morgan fingerprint density at radius 1 is 1.21 bits per heavy atom. The Hall–Kier alpha value is -3.22. The number of carbonyl (C=O) groups excluding carboxylic acids is 1. The van der Waals surface area contributed by atoms with E-state index in [1.54, 1.807) is 25.3 Å². The summed E-state index contributed by atoms with van der Waals surface area (Å²) in [6.07, 6.45) is 1.55. The second-order valence-corrected chi connectivity index (χ2v) is 6.86. The highest BCUT2D eigenvalue weighted by molar-refractivity contribution is 5.95. The molecule has 1 saturated heterocycles. The summed E-state index contributed by atoms with van der Waals surface area (Å²) >= 11 is 0. The van der Waals surface area contributed by atoms with Crippen LogP contribution in [0.2, 0.25) is 0 Å². The fourth-order valence-corrected chi connectivity index (χ4v) is 3.22. The summed E-state index contributed by atoms with van der Waals surface area (Å²) in [5.41, 5.74) is 2.73. The number of phenolic OH excluding ortho intramolecular Hbond substituents is 1. The molecule has 7 nitrogen and oxygen atoms in total. The molecule has 0 atom stereocenters. The van der Waals surface area contributed by atoms with E-state index in [1.165, 1.54) is 0 Å². The van der Waals surface area contributed by atoms with Gasteiger partial charge >= 0.3 is 0 Å². The maximum atomic E-state index is 11.9. The van der Waals surface area contributed by atoms with Crippen molar-refractivity contribution in [3.05, 3.63) is 53.6 Å². The fraction of sp³-hybridized carbons (Fsp3) is 0.364. The Labute approximate surface area is 171 Å². The lowest BCUT2D eigenvalue weighted by molar-refractivity contribution is -0.117. The van der Waals surface area contributed by atoms with E-state index >= 15 is 0 Å². The third-order valence-electron chi connectivity index (χ3n) is 4.82. The number of hydrogen-bond acceptors (Lipinski definition) is 4. The van der Waals surface area contributed by atoms with Crippen LogP contribution in [-0.2, 0) is 17.9 Å². The van der Waals surface area contributed by atoms with Crippen LogP contribution in [0, 0.1) is 0 Å². The van der Waals surface area contributed by atoms with Gasteiger partial charge in [-0.2, -0.15) is 0 Å². The molecule has 1 aliphatic rings. The molecular weight excluding hydrogens is 368 g/mol. The molecule has 3 rings (SSSR count). The average molecular weight is 396 g/mol. The number of anilines is 1. The van der Waals surface area contributed by atoms with Crippen LogP contribution < -0.4 is 20.3 Å². The highest BCUT2D eigenvalue weighted by atomic mass is 16.5. The third-order valence-corrected chi connectivity index (χ3v) is 4.82. The van der Waals surface area contributed by atoms with Crippen molar-refractivity contribution in [2.75, 3.05) is 25.1 Å². The second kappa shape index (κ2) is 9.82. The van der Waals surface area contributed by atoms with Crippen LogP contribution in [0.5, 0.6) is 11.5 Å². The lowest BCUT2D eigenvalue weighted by atomic mass is 10.2. The van der Waals surface area contributed by atoms with Gasteiger partial charge in [-0.05, 0) is 49.2 Å². The van der Waals surface area contributed by atoms with Gasteiger partial charge in [0.1, 0.15) is 11.5 Å². The van der Waals surface area contributed by atoms with Gasteiger partial charge in [-0.15, -0.1) is 0 Å². The maximum Gasteiger partial charge on any atom is 0.227 e. The summed E-state index contributed by atoms with van der Waals surface area (Å²) < 4.78 is 5.21. The van der Waals surface area contributed by atoms with E-state index in [2.05, 4.69) is 15.6 Å². The summed E-state index contributed by atoms with van der Waals surface area (Å²) in [5, 5.41) is 16.5. The highest BCUT2D eigenvalue weighted by Gasteiger charge is 2.21. The summed E-state index contributed by atoms with van der Waals surface area (Å²) in [7, 11) is 1.60. The van der Waals surface area contributed by atoms with Gasteiger partial charge in [0.25, 0.3) is 0 Å². The second-order valence-electron chi connectivity index (χ2n) is 6.86. The van der Waals surface area contributed by atoms with Crippen molar-refractivity contribution < 1.29 is 14.6 Å². The number of aromatic hydroxyl groups is 1. The molecule has 3 N–H and O–H groups in total. The van der Waals surface area contributed by atoms with Gasteiger partial charge in [0.2, 0.25) is 5.91 Å². The lowest BCUT2D eigenvalue weighted by Crippen LogP contribution is -2.36. The van der Waals surface area contributed by atoms with Crippen molar-refractivity contribution in [1.29, 1.82) is 0 Å². The molecule has 0 aromatic heterocycles. The van der Waals surface area contributed by atoms with Crippen LogP contribution >= 0.6 is 0 Å². The SMILES string of the molecule is CCNC(=NCc1ccc(N2CCCC2=O)cc1)NCc1cc(OC)ccc1O. The zero-order chi connectivity index (χ0) is 20.6. The number of aliphatic imine (C=N–C) groups is 1. The van der Waals surface area contributed by atoms with Crippen LogP contribution in [0.3, 0.4) is 0 Å². The number of carbonyl (C=O) groups is 1. The van der Waals surface area contributed by atoms with Gasteiger partial charge < -0.3 is 25.4 Å². The predicted molar refractivity (Wildman–Crippen MR) is 114 cm³/mol. The molecule has 0 saturated carbocycles. The molecule has 154 valence electrons. The normalized spacial score (nSPS) is 14.2. The van der Waals surface area contributed by atoms with Crippen LogP contribution in [0.25, 0.3) is 0 Å². The number of hydrogen-bond donors (Lipinski definition) is 3. The number of nitrogens with one attached hydrogen (secondary N) is 2. The van der Waals surface area contributed by atoms with Gasteiger partial charge in [0.15, 0.2) is 5.96 Å². The summed E-state index contributed by atoms with van der Waals surface area (Å²) in [6.45, 7) is 4.45. The molecule has 29 heavy (non-hydrogen) atoms. The Morgan fingerprint density at radius 3 is 2.66 bits per heavy atom. The van der Waals surface area contributed by atoms with E-state index in [1.807, 2.05) is 36.1 Å². The van der Waals surface area contributed by atoms with Crippen LogP contribution in [-0.4, -0.2) is 37.2 Å². The Bertz CT molecular complexity index is 865. The van der Waals surface area contributed by atoms with E-state index in [9.17, 15) is 9.90 Å². The zero-order valence-corrected chi connectivity index (χ0v) is 16.9. The summed E-state index contributed by atoms with van der Waals surface area (Å²) in [4.78, 5) is 18.3. The molecule has 0 radical (unpaired) electrons. The standard InChI is InChI=1S/C22H28N4O3/c1-3-23-22(25-15-17-13-19(29-2)10-11-20(17)27)24-14-16-6-8-18(9-7-16)26-12-4-5-21(26)28/h6-11,13,27H,3-5,12,14-15H2,1-2H3,(H2,23,24,25). The zero-order valence-electron chi connectivity index (χ0n) is 16.9. The van der Waals surface area contributed by atoms with Gasteiger partial charge in [0.05, 0.1) is 13.7 Å². The average Bonchev–Trinajstić information content (AvgIpc) is 3.17. The molecule has 1 heterocycles. The third kappa shape index (κ3) is 5.40. The number of rotatable bonds is 7. The summed E-state index contributed by atoms with van der Waals surface area (Å²) in [5.74, 6) is 1.75. The van der Waals surface area contributed by atoms with Gasteiger partial charge in [-0.25, -0.2) is 4.99 Å². The van der Waals surface area contributed by atoms with Gasteiger partial charge in [-0.3, -0.25) is 4.79 Å². The smallest absolute Gasteiger partial charge is 0.227 e. The number of nitrogens with zero attached hydrogens (tertiary/aromatic N) is 2. The molecule has 7 heteroatoms. The van der Waals surface area contributed by atoms with E-state index in [4.69, 9.17) is 4.74 Å². The molecule has 1 fully saturated rings. The Morgan fingerprint density at radius 2 is 2.00 bits per heavy atom. The van der Waals surface area contributed by atoms with Crippen molar-refractivity contribution >= 4 is 17.6 Å². The van der Waals surface area contributed by atoms with Crippen molar-refractivity contribution in [2.45, 2.75) is 32.9 Å². The first-order valence-electron chi connectivity index (χ1n) is 9.88. The fourth-order valence-electron chi connectivity index (χ4n) is 3.22. The maximum absolute atomic E-state index is 11.9. The van der Waals surface area contributed by atoms with Gasteiger partial charge in [-0.1, -0.05) is 12.1 Å². The number of guanidine groups is 1. The molecule has 1 amide bonds. The number of phenols is 1. The van der Waals surface area contributed by atoms with Crippen molar-refractivity contribution in [1.82, 2.24) is 10.6 Å². The first-order chi connectivity index (χ1) is 14.1. The molecular formula is C22H28N4O3. The topological polar surface area (TPSA) is 86.2 Å². The van der Waals surface area contributed by atoms with Crippen molar-refractivity contribution in [3.63, 3.8) is 0 Å². The number of methoxy groups -OCH3 is 1. The first-order valence-corrected chi connectivity index (χ1v) is 9.88. The lowest BCUT2D eigenvalue weighted by Gasteiger charge is -2.16. The minimum absolute atomic E-state index is 0.190. The molecule has 2 aromatic carbocycles. The largest absolute Gasteiger partial charge is 0.508 e. The quantitative estimate of drug-likeness (QED) is 0.495. The van der Waals surface area contributed by atoms with Gasteiger partial charge in [0, 0.05) is 37.3 Å². The predicted octanol–water partition coefficient (Wildman–Crippen LogP) is 2.78. The van der Waals surface area contributed by atoms with E-state index in [0.29, 0.717) is 31.2 Å². The molecule has 0 unspecified atom stereocenters. The molecule has 0 bridgehead atoms. The molecule has 0 aliphatic carbocycles. The highest BCUT2D eigenvalue weighted by Crippen LogP contribution is 2.23. The monoisotopic (exact) mass is 396 g/mol. The number of amides is 1. The van der Waals surface area contributed by atoms with Crippen molar-refractivity contribution in [2.24, 2.45) is 4.99 Å². The van der Waals surface area contributed by atoms with Crippen LogP contribution in [0.15, 0.2) is 47.5 Å².